The molecule has 0 aromatic heterocycles. The van der Waals surface area contributed by atoms with E-state index in [0.29, 0.717) is 12.0 Å². The van der Waals surface area contributed by atoms with Gasteiger partial charge in [0.05, 0.1) is 6.61 Å². The SMILES string of the molecule is CCCCCCCCCC(=O)O[C@@H](c1ccccc1)[C@@H](N)C(=O)OCC. The Bertz CT molecular complexity index is 518. The minimum Gasteiger partial charge on any atom is -0.465 e. The predicted molar refractivity (Wildman–Crippen MR) is 102 cm³/mol. The van der Waals surface area contributed by atoms with Gasteiger partial charge in [0.15, 0.2) is 6.10 Å². The highest BCUT2D eigenvalue weighted by atomic mass is 16.6. The zero-order valence-corrected chi connectivity index (χ0v) is 16.1. The maximum Gasteiger partial charge on any atom is 0.327 e. The molecule has 0 fully saturated rings. The standard InChI is InChI=1S/C21H33NO4/c1-3-5-6-7-8-9-13-16-18(23)26-20(17-14-11-10-12-15-17)19(22)21(24)25-4-2/h10-12,14-15,19-20H,3-9,13,16,22H2,1-2H3/t19-,20+/m1/s1. The minimum atomic E-state index is -1.03. The summed E-state index contributed by atoms with van der Waals surface area (Å²) >= 11 is 0. The van der Waals surface area contributed by atoms with Gasteiger partial charge in [-0.15, -0.1) is 0 Å². The van der Waals surface area contributed by atoms with E-state index in [0.717, 1.165) is 19.3 Å². The summed E-state index contributed by atoms with van der Waals surface area (Å²) < 4.78 is 10.5. The van der Waals surface area contributed by atoms with Gasteiger partial charge in [0.25, 0.3) is 0 Å². The predicted octanol–water partition coefficient (Wildman–Crippen LogP) is 4.30. The average Bonchev–Trinajstić information content (AvgIpc) is 2.65. The Morgan fingerprint density at radius 3 is 2.19 bits per heavy atom. The summed E-state index contributed by atoms with van der Waals surface area (Å²) in [7, 11) is 0. The van der Waals surface area contributed by atoms with Crippen molar-refractivity contribution in [3.05, 3.63) is 35.9 Å². The van der Waals surface area contributed by atoms with Gasteiger partial charge in [0.2, 0.25) is 0 Å². The number of esters is 2. The van der Waals surface area contributed by atoms with Gasteiger partial charge in [-0.3, -0.25) is 9.59 Å². The summed E-state index contributed by atoms with van der Waals surface area (Å²) in [4.78, 5) is 24.2. The van der Waals surface area contributed by atoms with E-state index in [2.05, 4.69) is 6.92 Å². The fraction of sp³-hybridized carbons (Fsp3) is 0.619. The van der Waals surface area contributed by atoms with Crippen molar-refractivity contribution in [3.63, 3.8) is 0 Å². The van der Waals surface area contributed by atoms with Gasteiger partial charge in [0, 0.05) is 6.42 Å². The zero-order chi connectivity index (χ0) is 19.2. The number of carbonyl (C=O) groups excluding carboxylic acids is 2. The van der Waals surface area contributed by atoms with Gasteiger partial charge < -0.3 is 15.2 Å². The lowest BCUT2D eigenvalue weighted by Gasteiger charge is -2.23. The van der Waals surface area contributed by atoms with Crippen LogP contribution in [-0.2, 0) is 19.1 Å². The zero-order valence-electron chi connectivity index (χ0n) is 16.1. The minimum absolute atomic E-state index is 0.236. The van der Waals surface area contributed by atoms with Crippen molar-refractivity contribution in [2.24, 2.45) is 5.73 Å². The summed E-state index contributed by atoms with van der Waals surface area (Å²) in [5.74, 6) is -0.891. The van der Waals surface area contributed by atoms with Gasteiger partial charge in [-0.1, -0.05) is 75.8 Å². The van der Waals surface area contributed by atoms with E-state index in [9.17, 15) is 9.59 Å². The first-order chi connectivity index (χ1) is 12.6. The molecule has 0 aliphatic rings. The summed E-state index contributed by atoms with van der Waals surface area (Å²) in [6.45, 7) is 4.15. The molecule has 1 aromatic carbocycles. The summed E-state index contributed by atoms with van der Waals surface area (Å²) in [6, 6.07) is 8.07. The summed E-state index contributed by atoms with van der Waals surface area (Å²) in [5, 5.41) is 0. The van der Waals surface area contributed by atoms with E-state index in [-0.39, 0.29) is 12.6 Å². The lowest BCUT2D eigenvalue weighted by molar-refractivity contribution is -0.157. The second-order valence-corrected chi connectivity index (χ2v) is 6.47. The van der Waals surface area contributed by atoms with E-state index in [1.807, 2.05) is 18.2 Å². The Kier molecular flexibility index (Phi) is 11.4. The van der Waals surface area contributed by atoms with Crippen LogP contribution in [0.3, 0.4) is 0 Å². The number of ether oxygens (including phenoxy) is 2. The molecule has 1 rings (SSSR count). The Hall–Kier alpha value is -1.88. The molecule has 1 aromatic rings. The molecule has 0 aliphatic heterocycles. The van der Waals surface area contributed by atoms with E-state index in [4.69, 9.17) is 15.2 Å². The van der Waals surface area contributed by atoms with E-state index >= 15 is 0 Å². The number of hydrogen-bond donors (Lipinski definition) is 1. The van der Waals surface area contributed by atoms with Gasteiger partial charge in [-0.05, 0) is 18.9 Å². The smallest absolute Gasteiger partial charge is 0.327 e. The van der Waals surface area contributed by atoms with Crippen LogP contribution in [0.5, 0.6) is 0 Å². The van der Waals surface area contributed by atoms with Crippen LogP contribution >= 0.6 is 0 Å². The molecule has 2 atom stereocenters. The highest BCUT2D eigenvalue weighted by Crippen LogP contribution is 2.22. The van der Waals surface area contributed by atoms with Crippen molar-refractivity contribution in [3.8, 4) is 0 Å². The van der Waals surface area contributed by atoms with Gasteiger partial charge in [-0.2, -0.15) is 0 Å². The van der Waals surface area contributed by atoms with Crippen LogP contribution < -0.4 is 5.73 Å². The molecule has 0 amide bonds. The number of unbranched alkanes of at least 4 members (excludes halogenated alkanes) is 6. The van der Waals surface area contributed by atoms with Crippen molar-refractivity contribution in [1.82, 2.24) is 0 Å². The Morgan fingerprint density at radius 2 is 1.58 bits per heavy atom. The van der Waals surface area contributed by atoms with Crippen LogP contribution in [0, 0.1) is 0 Å². The normalized spacial score (nSPS) is 13.0. The molecular weight excluding hydrogens is 330 g/mol. The van der Waals surface area contributed by atoms with E-state index in [1.165, 1.54) is 25.7 Å². The van der Waals surface area contributed by atoms with Crippen LogP contribution in [0.25, 0.3) is 0 Å². The van der Waals surface area contributed by atoms with Crippen LogP contribution in [-0.4, -0.2) is 24.6 Å². The topological polar surface area (TPSA) is 78.6 Å². The first-order valence-electron chi connectivity index (χ1n) is 9.76. The number of benzene rings is 1. The Morgan fingerprint density at radius 1 is 0.962 bits per heavy atom. The number of rotatable bonds is 13. The molecule has 146 valence electrons. The number of carbonyl (C=O) groups is 2. The fourth-order valence-corrected chi connectivity index (χ4v) is 2.78. The summed E-state index contributed by atoms with van der Waals surface area (Å²) in [5.41, 5.74) is 6.69. The largest absolute Gasteiger partial charge is 0.465 e. The van der Waals surface area contributed by atoms with Crippen molar-refractivity contribution in [1.29, 1.82) is 0 Å². The van der Waals surface area contributed by atoms with Gasteiger partial charge in [0.1, 0.15) is 6.04 Å². The number of nitrogens with two attached hydrogens (primary N) is 1. The van der Waals surface area contributed by atoms with Crippen LogP contribution in [0.2, 0.25) is 0 Å². The monoisotopic (exact) mass is 363 g/mol. The van der Waals surface area contributed by atoms with Crippen LogP contribution in [0.4, 0.5) is 0 Å². The molecule has 0 unspecified atom stereocenters. The second kappa shape index (κ2) is 13.3. The van der Waals surface area contributed by atoms with E-state index < -0.39 is 18.1 Å². The van der Waals surface area contributed by atoms with Crippen LogP contribution in [0.15, 0.2) is 30.3 Å². The molecule has 0 saturated carbocycles. The fourth-order valence-electron chi connectivity index (χ4n) is 2.78. The van der Waals surface area contributed by atoms with Crippen molar-refractivity contribution in [2.45, 2.75) is 77.4 Å². The van der Waals surface area contributed by atoms with Crippen molar-refractivity contribution in [2.75, 3.05) is 6.61 Å². The second-order valence-electron chi connectivity index (χ2n) is 6.47. The quantitative estimate of drug-likeness (QED) is 0.417. The third-order valence-electron chi connectivity index (χ3n) is 4.26. The molecule has 26 heavy (non-hydrogen) atoms. The Labute approximate surface area is 157 Å². The van der Waals surface area contributed by atoms with Gasteiger partial charge >= 0.3 is 11.9 Å². The highest BCUT2D eigenvalue weighted by Gasteiger charge is 2.30. The van der Waals surface area contributed by atoms with Crippen molar-refractivity contribution < 1.29 is 19.1 Å². The molecule has 5 heteroatoms. The average molecular weight is 363 g/mol. The lowest BCUT2D eigenvalue weighted by Crippen LogP contribution is -2.40. The van der Waals surface area contributed by atoms with E-state index in [1.54, 1.807) is 19.1 Å². The maximum absolute atomic E-state index is 12.2. The molecule has 0 spiro atoms. The third-order valence-corrected chi connectivity index (χ3v) is 4.26. The first kappa shape index (κ1) is 22.2. The lowest BCUT2D eigenvalue weighted by atomic mass is 10.0. The number of hydrogen-bond acceptors (Lipinski definition) is 5. The summed E-state index contributed by atoms with van der Waals surface area (Å²) in [6.07, 6.45) is 7.42. The molecule has 0 aliphatic carbocycles. The highest BCUT2D eigenvalue weighted by molar-refractivity contribution is 5.77. The molecule has 0 saturated heterocycles. The first-order valence-corrected chi connectivity index (χ1v) is 9.76. The molecule has 0 bridgehead atoms. The van der Waals surface area contributed by atoms with Gasteiger partial charge in [-0.25, -0.2) is 0 Å². The molecular formula is C21H33NO4. The molecule has 2 N–H and O–H groups in total. The third kappa shape index (κ3) is 8.48. The Balaban J connectivity index is 2.52. The maximum atomic E-state index is 12.2. The molecule has 0 radical (unpaired) electrons. The van der Waals surface area contributed by atoms with Crippen molar-refractivity contribution >= 4 is 11.9 Å². The van der Waals surface area contributed by atoms with Crippen LogP contribution in [0.1, 0.15) is 76.9 Å². The molecule has 0 heterocycles. The molecule has 5 nitrogen and oxygen atoms in total.